The molecular formula is C11H22O. The van der Waals surface area contributed by atoms with E-state index in [0.29, 0.717) is 0 Å². The van der Waals surface area contributed by atoms with Crippen LogP contribution in [0.5, 0.6) is 0 Å². The highest BCUT2D eigenvalue weighted by Gasteiger charge is 2.08. The summed E-state index contributed by atoms with van der Waals surface area (Å²) in [7, 11) is 0. The van der Waals surface area contributed by atoms with Gasteiger partial charge in [-0.05, 0) is 18.3 Å². The van der Waals surface area contributed by atoms with Gasteiger partial charge < -0.3 is 4.74 Å². The highest BCUT2D eigenvalue weighted by Crippen LogP contribution is 2.22. The molecule has 1 atom stereocenters. The van der Waals surface area contributed by atoms with Gasteiger partial charge in [0, 0.05) is 13.2 Å². The fourth-order valence-corrected chi connectivity index (χ4v) is 1.78. The maximum absolute atomic E-state index is 5.06. The van der Waals surface area contributed by atoms with E-state index >= 15 is 0 Å². The van der Waals surface area contributed by atoms with Gasteiger partial charge in [-0.2, -0.15) is 0 Å². The lowest BCUT2D eigenvalue weighted by atomic mass is 10.2. The van der Waals surface area contributed by atoms with E-state index in [9.17, 15) is 0 Å². The molecule has 0 aromatic rings. The lowest BCUT2D eigenvalue weighted by Crippen LogP contribution is -1.88. The smallest absolute Gasteiger partial charge is 0.0492 e. The Morgan fingerprint density at radius 3 is 1.75 bits per heavy atom. The van der Waals surface area contributed by atoms with E-state index in [-0.39, 0.29) is 0 Å². The van der Waals surface area contributed by atoms with Gasteiger partial charge >= 0.3 is 0 Å². The van der Waals surface area contributed by atoms with Crippen molar-refractivity contribution in [3.8, 4) is 0 Å². The molecule has 1 saturated carbocycles. The Balaban J connectivity index is 0.000000120. The summed E-state index contributed by atoms with van der Waals surface area (Å²) in [5.41, 5.74) is 0. The highest BCUT2D eigenvalue weighted by molar-refractivity contribution is 4.60. The molecule has 2 aliphatic rings. The summed E-state index contributed by atoms with van der Waals surface area (Å²) in [6.45, 7) is 6.53. The zero-order valence-corrected chi connectivity index (χ0v) is 8.51. The summed E-state index contributed by atoms with van der Waals surface area (Å²) < 4.78 is 5.06. The summed E-state index contributed by atoms with van der Waals surface area (Å²) in [5.74, 6) is 1.87. The SMILES string of the molecule is CC1CCCC1.CC1CCOC1. The van der Waals surface area contributed by atoms with Gasteiger partial charge in [-0.1, -0.05) is 39.5 Å². The summed E-state index contributed by atoms with van der Waals surface area (Å²) >= 11 is 0. The van der Waals surface area contributed by atoms with Crippen LogP contribution in [0, 0.1) is 11.8 Å². The van der Waals surface area contributed by atoms with Crippen LogP contribution in [0.3, 0.4) is 0 Å². The van der Waals surface area contributed by atoms with Crippen LogP contribution in [-0.4, -0.2) is 13.2 Å². The molecule has 0 aromatic carbocycles. The normalized spacial score (nSPS) is 30.0. The standard InChI is InChI=1S/C6H12.C5H10O/c1-6-4-2-3-5-6;1-5-2-3-6-4-5/h6H,2-5H2,1H3;5H,2-4H2,1H3. The quantitative estimate of drug-likeness (QED) is 0.542. The summed E-state index contributed by atoms with van der Waals surface area (Å²) in [4.78, 5) is 0. The summed E-state index contributed by atoms with van der Waals surface area (Å²) in [5, 5.41) is 0. The van der Waals surface area contributed by atoms with Crippen molar-refractivity contribution in [3.05, 3.63) is 0 Å². The topological polar surface area (TPSA) is 9.23 Å². The molecule has 0 radical (unpaired) electrons. The average molecular weight is 170 g/mol. The van der Waals surface area contributed by atoms with Gasteiger partial charge in [0.1, 0.15) is 0 Å². The van der Waals surface area contributed by atoms with E-state index in [1.54, 1.807) is 0 Å². The van der Waals surface area contributed by atoms with E-state index < -0.39 is 0 Å². The lowest BCUT2D eigenvalue weighted by molar-refractivity contribution is 0.188. The molecule has 1 heteroatoms. The molecule has 0 amide bonds. The van der Waals surface area contributed by atoms with Crippen molar-refractivity contribution in [1.82, 2.24) is 0 Å². The van der Waals surface area contributed by atoms with Crippen LogP contribution in [0.2, 0.25) is 0 Å². The monoisotopic (exact) mass is 170 g/mol. The van der Waals surface area contributed by atoms with Crippen LogP contribution < -0.4 is 0 Å². The summed E-state index contributed by atoms with van der Waals surface area (Å²) in [6, 6.07) is 0. The number of hydrogen-bond acceptors (Lipinski definition) is 1. The van der Waals surface area contributed by atoms with Crippen molar-refractivity contribution >= 4 is 0 Å². The predicted molar refractivity (Wildman–Crippen MR) is 52.2 cm³/mol. The molecule has 12 heavy (non-hydrogen) atoms. The van der Waals surface area contributed by atoms with Crippen molar-refractivity contribution in [3.63, 3.8) is 0 Å². The first-order chi connectivity index (χ1) is 5.79. The second kappa shape index (κ2) is 5.58. The minimum Gasteiger partial charge on any atom is -0.381 e. The Bertz CT molecular complexity index is 85.6. The number of ether oxygens (including phenoxy) is 1. The van der Waals surface area contributed by atoms with Crippen molar-refractivity contribution < 1.29 is 4.74 Å². The molecule has 1 saturated heterocycles. The van der Waals surface area contributed by atoms with Crippen LogP contribution in [-0.2, 0) is 4.74 Å². The minimum atomic E-state index is 0.824. The zero-order valence-electron chi connectivity index (χ0n) is 8.51. The van der Waals surface area contributed by atoms with E-state index in [1.807, 2.05) is 0 Å². The molecule has 1 nitrogen and oxygen atoms in total. The van der Waals surface area contributed by atoms with Crippen molar-refractivity contribution in [2.24, 2.45) is 11.8 Å². The molecule has 72 valence electrons. The maximum atomic E-state index is 5.06. The third kappa shape index (κ3) is 4.10. The fourth-order valence-electron chi connectivity index (χ4n) is 1.78. The molecule has 1 aliphatic carbocycles. The van der Waals surface area contributed by atoms with Gasteiger partial charge in [0.05, 0.1) is 0 Å². The van der Waals surface area contributed by atoms with Gasteiger partial charge in [-0.25, -0.2) is 0 Å². The molecule has 1 heterocycles. The highest BCUT2D eigenvalue weighted by atomic mass is 16.5. The van der Waals surface area contributed by atoms with E-state index in [0.717, 1.165) is 25.0 Å². The Morgan fingerprint density at radius 2 is 1.58 bits per heavy atom. The molecular weight excluding hydrogens is 148 g/mol. The Morgan fingerprint density at radius 1 is 0.917 bits per heavy atom. The van der Waals surface area contributed by atoms with Crippen molar-refractivity contribution in [2.45, 2.75) is 46.0 Å². The predicted octanol–water partition coefficient (Wildman–Crippen LogP) is 3.24. The lowest BCUT2D eigenvalue weighted by Gasteiger charge is -1.91. The van der Waals surface area contributed by atoms with Crippen LogP contribution >= 0.6 is 0 Å². The number of rotatable bonds is 0. The van der Waals surface area contributed by atoms with Crippen LogP contribution in [0.25, 0.3) is 0 Å². The molecule has 2 fully saturated rings. The third-order valence-corrected chi connectivity index (χ3v) is 2.80. The second-order valence-corrected chi connectivity index (χ2v) is 4.36. The van der Waals surface area contributed by atoms with Crippen molar-refractivity contribution in [2.75, 3.05) is 13.2 Å². The van der Waals surface area contributed by atoms with E-state index in [2.05, 4.69) is 13.8 Å². The van der Waals surface area contributed by atoms with E-state index in [1.165, 1.54) is 32.1 Å². The first-order valence-corrected chi connectivity index (χ1v) is 5.37. The Labute approximate surface area is 76.5 Å². The molecule has 1 aliphatic heterocycles. The van der Waals surface area contributed by atoms with Gasteiger partial charge in [-0.3, -0.25) is 0 Å². The Kier molecular flexibility index (Phi) is 4.67. The number of hydrogen-bond donors (Lipinski definition) is 0. The molecule has 0 spiro atoms. The zero-order chi connectivity index (χ0) is 8.81. The summed E-state index contributed by atoms with van der Waals surface area (Å²) in [6.07, 6.45) is 7.21. The van der Waals surface area contributed by atoms with Gasteiger partial charge in [0.2, 0.25) is 0 Å². The average Bonchev–Trinajstić information content (AvgIpc) is 2.63. The van der Waals surface area contributed by atoms with E-state index in [4.69, 9.17) is 4.74 Å². The minimum absolute atomic E-state index is 0.824. The first kappa shape index (κ1) is 10.0. The Hall–Kier alpha value is -0.0400. The fraction of sp³-hybridized carbons (Fsp3) is 1.00. The molecule has 0 bridgehead atoms. The molecule has 2 rings (SSSR count). The van der Waals surface area contributed by atoms with Crippen LogP contribution in [0.4, 0.5) is 0 Å². The first-order valence-electron chi connectivity index (χ1n) is 5.37. The second-order valence-electron chi connectivity index (χ2n) is 4.36. The van der Waals surface area contributed by atoms with Crippen LogP contribution in [0.15, 0.2) is 0 Å². The largest absolute Gasteiger partial charge is 0.381 e. The van der Waals surface area contributed by atoms with Crippen molar-refractivity contribution in [1.29, 1.82) is 0 Å². The molecule has 1 unspecified atom stereocenters. The molecule has 0 aromatic heterocycles. The van der Waals surface area contributed by atoms with Crippen LogP contribution in [0.1, 0.15) is 46.0 Å². The van der Waals surface area contributed by atoms with Gasteiger partial charge in [0.25, 0.3) is 0 Å². The maximum Gasteiger partial charge on any atom is 0.0492 e. The molecule has 0 N–H and O–H groups in total. The van der Waals surface area contributed by atoms with Gasteiger partial charge in [-0.15, -0.1) is 0 Å². The third-order valence-electron chi connectivity index (χ3n) is 2.80. The van der Waals surface area contributed by atoms with Gasteiger partial charge in [0.15, 0.2) is 0 Å².